The van der Waals surface area contributed by atoms with Gasteiger partial charge in [-0.2, -0.15) is 26.3 Å². The van der Waals surface area contributed by atoms with Crippen LogP contribution >= 0.6 is 0 Å². The third-order valence-corrected chi connectivity index (χ3v) is 8.28. The third-order valence-electron chi connectivity index (χ3n) is 8.28. The van der Waals surface area contributed by atoms with Crippen LogP contribution in [0.4, 0.5) is 26.3 Å². The van der Waals surface area contributed by atoms with Gasteiger partial charge in [-0.05, 0) is 55.9 Å². The van der Waals surface area contributed by atoms with Crippen molar-refractivity contribution >= 4 is 11.7 Å². The molecule has 0 saturated carbocycles. The average molecular weight is 618 g/mol. The second kappa shape index (κ2) is 13.3. The molecule has 0 unspecified atom stereocenters. The second-order valence-corrected chi connectivity index (χ2v) is 11.0. The van der Waals surface area contributed by atoms with Gasteiger partial charge < -0.3 is 30.3 Å². The van der Waals surface area contributed by atoms with Crippen molar-refractivity contribution in [1.82, 2.24) is 15.1 Å². The lowest BCUT2D eigenvalue weighted by Crippen LogP contribution is -2.54. The summed E-state index contributed by atoms with van der Waals surface area (Å²) in [7, 11) is 1.62. The Labute approximate surface area is 246 Å². The minimum atomic E-state index is -4.97. The summed E-state index contributed by atoms with van der Waals surface area (Å²) >= 11 is 0. The molecule has 3 N–H and O–H groups in total. The number of amidine groups is 1. The van der Waals surface area contributed by atoms with Crippen molar-refractivity contribution in [3.05, 3.63) is 58.4 Å². The smallest absolute Gasteiger partial charge is 0.380 e. The zero-order valence-corrected chi connectivity index (χ0v) is 24.2. The number of rotatable bonds is 7. The van der Waals surface area contributed by atoms with E-state index in [1.165, 1.54) is 17.9 Å². The van der Waals surface area contributed by atoms with Crippen LogP contribution in [0.2, 0.25) is 0 Å². The number of hydrogen-bond donors (Lipinski definition) is 2. The number of allylic oxidation sites excluding steroid dienone is 1. The van der Waals surface area contributed by atoms with Gasteiger partial charge in [0.1, 0.15) is 5.70 Å². The van der Waals surface area contributed by atoms with Crippen LogP contribution in [-0.2, 0) is 33.4 Å². The summed E-state index contributed by atoms with van der Waals surface area (Å²) in [6, 6.07) is 3.68. The molecule has 14 heteroatoms. The van der Waals surface area contributed by atoms with Crippen LogP contribution in [0.1, 0.15) is 42.9 Å². The molecular weight excluding hydrogens is 580 g/mol. The highest BCUT2D eigenvalue weighted by Gasteiger charge is 2.37. The molecule has 1 aromatic carbocycles. The fourth-order valence-corrected chi connectivity index (χ4v) is 5.65. The topological polar surface area (TPSA) is 92.4 Å². The standard InChI is InChI=1S/C29H37F6N5O3/c1-17(18(2)40-10-6-19-4-5-21(28(30,31)32)14-20(19)15-40)25(38-27(36)29(33,34)35)26(41)39-11-7-22(8-12-39)37-23-9-13-43-16-24(23)42-3/h4-5,14,22-24,37H,2,6-13,15-16H2,1,3H3,(H2,36,38)/b25-17-/t23-,24+/m1/s1. The van der Waals surface area contributed by atoms with E-state index < -0.39 is 35.4 Å². The molecule has 3 aliphatic rings. The molecule has 2 fully saturated rings. The molecule has 1 aromatic rings. The number of methoxy groups -OCH3 is 1. The second-order valence-electron chi connectivity index (χ2n) is 11.0. The maximum atomic E-state index is 13.6. The minimum Gasteiger partial charge on any atom is -0.380 e. The van der Waals surface area contributed by atoms with Gasteiger partial charge in [-0.15, -0.1) is 0 Å². The molecule has 43 heavy (non-hydrogen) atoms. The molecule has 4 rings (SSSR count). The number of alkyl halides is 6. The molecule has 3 heterocycles. The fraction of sp³-hybridized carbons (Fsp3) is 0.586. The van der Waals surface area contributed by atoms with Crippen LogP contribution in [-0.4, -0.2) is 85.9 Å². The summed E-state index contributed by atoms with van der Waals surface area (Å²) in [5.74, 6) is -2.40. The van der Waals surface area contributed by atoms with Crippen molar-refractivity contribution in [2.75, 3.05) is 40.0 Å². The molecule has 0 aromatic heterocycles. The van der Waals surface area contributed by atoms with E-state index in [1.807, 2.05) is 0 Å². The van der Waals surface area contributed by atoms with Crippen LogP contribution in [0, 0.1) is 0 Å². The Morgan fingerprint density at radius 3 is 2.42 bits per heavy atom. The zero-order valence-electron chi connectivity index (χ0n) is 24.2. The number of hydrogen-bond acceptors (Lipinski definition) is 6. The van der Waals surface area contributed by atoms with Gasteiger partial charge in [0.2, 0.25) is 5.84 Å². The number of carbonyl (C=O) groups is 1. The van der Waals surface area contributed by atoms with E-state index in [0.717, 1.165) is 24.1 Å². The lowest BCUT2D eigenvalue weighted by molar-refractivity contribution is -0.137. The zero-order chi connectivity index (χ0) is 31.5. The monoisotopic (exact) mass is 617 g/mol. The van der Waals surface area contributed by atoms with E-state index in [4.69, 9.17) is 15.2 Å². The molecule has 8 nitrogen and oxygen atoms in total. The quantitative estimate of drug-likeness (QED) is 0.157. The van der Waals surface area contributed by atoms with E-state index in [-0.39, 0.29) is 49.1 Å². The van der Waals surface area contributed by atoms with Crippen molar-refractivity contribution in [1.29, 1.82) is 0 Å². The van der Waals surface area contributed by atoms with E-state index in [0.29, 0.717) is 44.6 Å². The first kappa shape index (κ1) is 32.8. The highest BCUT2D eigenvalue weighted by atomic mass is 19.4. The van der Waals surface area contributed by atoms with Crippen LogP contribution in [0.3, 0.4) is 0 Å². The molecule has 0 aliphatic carbocycles. The van der Waals surface area contributed by atoms with E-state index in [9.17, 15) is 31.1 Å². The highest BCUT2D eigenvalue weighted by Crippen LogP contribution is 2.34. The summed E-state index contributed by atoms with van der Waals surface area (Å²) in [5.41, 5.74) is 5.38. The summed E-state index contributed by atoms with van der Waals surface area (Å²) in [6.07, 6.45) is -7.29. The van der Waals surface area contributed by atoms with Gasteiger partial charge in [0.05, 0.1) is 18.3 Å². The largest absolute Gasteiger partial charge is 0.448 e. The van der Waals surface area contributed by atoms with E-state index >= 15 is 0 Å². The van der Waals surface area contributed by atoms with Crippen LogP contribution in [0.15, 0.2) is 46.7 Å². The Kier molecular flexibility index (Phi) is 10.1. The molecule has 0 bridgehead atoms. The van der Waals surface area contributed by atoms with Gasteiger partial charge in [0, 0.05) is 63.2 Å². The van der Waals surface area contributed by atoms with E-state index in [2.05, 4.69) is 16.9 Å². The number of nitrogens with zero attached hydrogens (tertiary/aromatic N) is 3. The summed E-state index contributed by atoms with van der Waals surface area (Å²) in [4.78, 5) is 20.3. The van der Waals surface area contributed by atoms with Gasteiger partial charge in [0.25, 0.3) is 5.91 Å². The normalized spacial score (nSPS) is 23.1. The SMILES string of the molecule is C=C(/C(C)=C(\N=C(N)C(F)(F)F)C(=O)N1CCC(N[C@@H]2CCOC[C@@H]2OC)CC1)N1CCc2ccc(C(F)(F)F)cc2C1. The van der Waals surface area contributed by atoms with Crippen molar-refractivity contribution < 1.29 is 40.6 Å². The minimum absolute atomic E-state index is 0.0428. The number of piperidine rings is 1. The van der Waals surface area contributed by atoms with Crippen LogP contribution in [0.25, 0.3) is 0 Å². The number of aliphatic imine (C=N–C) groups is 1. The van der Waals surface area contributed by atoms with Crippen molar-refractivity contribution in [3.8, 4) is 0 Å². The number of fused-ring (bicyclic) bond motifs is 1. The molecule has 238 valence electrons. The summed E-state index contributed by atoms with van der Waals surface area (Å²) < 4.78 is 91.1. The first-order valence-electron chi connectivity index (χ1n) is 14.1. The summed E-state index contributed by atoms with van der Waals surface area (Å²) in [6.45, 7) is 7.44. The van der Waals surface area contributed by atoms with Gasteiger partial charge in [-0.25, -0.2) is 4.99 Å². The Balaban J connectivity index is 1.52. The van der Waals surface area contributed by atoms with Crippen molar-refractivity contribution in [3.63, 3.8) is 0 Å². The number of carbonyl (C=O) groups excluding carboxylic acids is 1. The number of nitrogens with one attached hydrogen (secondary N) is 1. The Hall–Kier alpha value is -3.10. The van der Waals surface area contributed by atoms with Gasteiger partial charge in [-0.3, -0.25) is 4.79 Å². The number of ether oxygens (including phenoxy) is 2. The van der Waals surface area contributed by atoms with Crippen LogP contribution in [0.5, 0.6) is 0 Å². The third kappa shape index (κ3) is 7.90. The highest BCUT2D eigenvalue weighted by molar-refractivity contribution is 5.99. The molecule has 0 radical (unpaired) electrons. The lowest BCUT2D eigenvalue weighted by atomic mass is 9.96. The van der Waals surface area contributed by atoms with Gasteiger partial charge >= 0.3 is 12.4 Å². The number of likely N-dealkylation sites (tertiary alicyclic amines) is 1. The number of amides is 1. The van der Waals surface area contributed by atoms with Gasteiger partial charge in [-0.1, -0.05) is 12.6 Å². The molecule has 1 amide bonds. The maximum Gasteiger partial charge on any atom is 0.448 e. The Bertz CT molecular complexity index is 1250. The van der Waals surface area contributed by atoms with E-state index in [1.54, 1.807) is 12.0 Å². The van der Waals surface area contributed by atoms with Gasteiger partial charge in [0.15, 0.2) is 0 Å². The molecule has 2 atom stereocenters. The molecule has 0 spiro atoms. The first-order valence-corrected chi connectivity index (χ1v) is 14.1. The van der Waals surface area contributed by atoms with Crippen molar-refractivity contribution in [2.45, 2.75) is 69.7 Å². The number of benzene rings is 1. The average Bonchev–Trinajstić information content (AvgIpc) is 2.97. The predicted molar refractivity (Wildman–Crippen MR) is 148 cm³/mol. The molecular formula is C29H37F6N5O3. The van der Waals surface area contributed by atoms with Crippen molar-refractivity contribution in [2.24, 2.45) is 10.7 Å². The summed E-state index contributed by atoms with van der Waals surface area (Å²) in [5, 5.41) is 3.56. The Morgan fingerprint density at radius 2 is 1.79 bits per heavy atom. The number of nitrogens with two attached hydrogens (primary N) is 1. The molecule has 3 aliphatic heterocycles. The van der Waals surface area contributed by atoms with Crippen LogP contribution < -0.4 is 11.1 Å². The Morgan fingerprint density at radius 1 is 1.09 bits per heavy atom. The molecule has 2 saturated heterocycles. The first-order chi connectivity index (χ1) is 20.2. The maximum absolute atomic E-state index is 13.6. The predicted octanol–water partition coefficient (Wildman–Crippen LogP) is 4.16. The lowest BCUT2D eigenvalue weighted by Gasteiger charge is -2.38. The number of halogens is 6. The fourth-order valence-electron chi connectivity index (χ4n) is 5.65.